The lowest BCUT2D eigenvalue weighted by Gasteiger charge is -2.14. The van der Waals surface area contributed by atoms with Gasteiger partial charge in [-0.05, 0) is 20.8 Å². The molecule has 2 rings (SSSR count). The third-order valence-electron chi connectivity index (χ3n) is 3.85. The predicted octanol–water partition coefficient (Wildman–Crippen LogP) is 4.19. The average molecular weight is 424 g/mol. The highest BCUT2D eigenvalue weighted by Crippen LogP contribution is 2.39. The molecule has 0 aliphatic rings. The van der Waals surface area contributed by atoms with E-state index in [4.69, 9.17) is 38.9 Å². The van der Waals surface area contributed by atoms with Crippen molar-refractivity contribution in [2.75, 3.05) is 54.0 Å². The fraction of sp³-hybridized carbons (Fsp3) is 0.455. The molecule has 0 bridgehead atoms. The van der Waals surface area contributed by atoms with E-state index in [-0.39, 0.29) is 0 Å². The van der Waals surface area contributed by atoms with Crippen molar-refractivity contribution < 1.29 is 33.2 Å². The summed E-state index contributed by atoms with van der Waals surface area (Å²) in [6.45, 7) is 7.46. The highest BCUT2D eigenvalue weighted by atomic mass is 16.5. The van der Waals surface area contributed by atoms with E-state index in [1.807, 2.05) is 20.8 Å². The maximum atomic E-state index is 5.88. The Bertz CT molecular complexity index is 722. The Morgan fingerprint density at radius 3 is 1.37 bits per heavy atom. The number of benzene rings is 2. The Balaban J connectivity index is 0.000000303. The first-order valence-electron chi connectivity index (χ1n) is 9.65. The van der Waals surface area contributed by atoms with Crippen LogP contribution >= 0.6 is 0 Å². The van der Waals surface area contributed by atoms with Gasteiger partial charge in [-0.3, -0.25) is 0 Å². The first-order valence-corrected chi connectivity index (χ1v) is 9.65. The van der Waals surface area contributed by atoms with Crippen LogP contribution in [0.15, 0.2) is 24.3 Å². The van der Waals surface area contributed by atoms with Crippen LogP contribution in [0.5, 0.6) is 40.2 Å². The largest absolute Gasteiger partial charge is 0.494 e. The number of hydrogen-bond acceptors (Lipinski definition) is 8. The quantitative estimate of drug-likeness (QED) is 0.569. The van der Waals surface area contributed by atoms with E-state index in [9.17, 15) is 0 Å². The van der Waals surface area contributed by atoms with Crippen molar-refractivity contribution in [3.8, 4) is 40.2 Å². The van der Waals surface area contributed by atoms with Crippen LogP contribution in [0.3, 0.4) is 0 Å². The Kier molecular flexibility index (Phi) is 10.9. The monoisotopic (exact) mass is 423 g/mol. The molecular formula is C22H33NO7. The molecule has 0 aliphatic carbocycles. The fourth-order valence-electron chi connectivity index (χ4n) is 2.57. The molecule has 0 fully saturated rings. The standard InChI is InChI=1S/C12H19NO3.C10H14O4/c1-4-14-9-7-10(13)12(16-6-3)11(8-9)15-5-2;1-11-7-5-9(13-3)10(14-4)6-8(7)12-2/h7-8H,4-6,13H2,1-3H3;5-6H,1-4H3. The first-order chi connectivity index (χ1) is 14.5. The van der Waals surface area contributed by atoms with Gasteiger partial charge in [0.2, 0.25) is 0 Å². The summed E-state index contributed by atoms with van der Waals surface area (Å²) in [6.07, 6.45) is 0. The zero-order valence-corrected chi connectivity index (χ0v) is 18.9. The van der Waals surface area contributed by atoms with Gasteiger partial charge in [0.15, 0.2) is 34.5 Å². The molecule has 8 heteroatoms. The van der Waals surface area contributed by atoms with Gasteiger partial charge in [0.1, 0.15) is 5.75 Å². The smallest absolute Gasteiger partial charge is 0.184 e. The van der Waals surface area contributed by atoms with Gasteiger partial charge in [0, 0.05) is 24.3 Å². The number of nitrogen functional groups attached to an aromatic ring is 1. The Morgan fingerprint density at radius 1 is 0.567 bits per heavy atom. The molecule has 0 aromatic heterocycles. The summed E-state index contributed by atoms with van der Waals surface area (Å²) in [5.41, 5.74) is 6.42. The van der Waals surface area contributed by atoms with Crippen LogP contribution in [-0.4, -0.2) is 48.3 Å². The second-order valence-corrected chi connectivity index (χ2v) is 5.70. The molecule has 0 unspecified atom stereocenters. The number of rotatable bonds is 10. The van der Waals surface area contributed by atoms with Gasteiger partial charge in [0.05, 0.1) is 53.9 Å². The van der Waals surface area contributed by atoms with Crippen LogP contribution in [0.25, 0.3) is 0 Å². The molecule has 0 atom stereocenters. The van der Waals surface area contributed by atoms with Crippen molar-refractivity contribution in [2.45, 2.75) is 20.8 Å². The second kappa shape index (κ2) is 13.1. The molecule has 8 nitrogen and oxygen atoms in total. The summed E-state index contributed by atoms with van der Waals surface area (Å²) < 4.78 is 36.8. The molecule has 2 N–H and O–H groups in total. The van der Waals surface area contributed by atoms with E-state index in [0.717, 1.165) is 0 Å². The summed E-state index contributed by atoms with van der Waals surface area (Å²) in [7, 11) is 6.29. The molecule has 0 saturated heterocycles. The molecule has 0 amide bonds. The molecular weight excluding hydrogens is 390 g/mol. The first kappa shape index (κ1) is 24.9. The van der Waals surface area contributed by atoms with Crippen molar-refractivity contribution in [3.05, 3.63) is 24.3 Å². The maximum absolute atomic E-state index is 5.88. The summed E-state index contributed by atoms with van der Waals surface area (Å²) in [5, 5.41) is 0. The Labute approximate surface area is 178 Å². The fourth-order valence-corrected chi connectivity index (χ4v) is 2.57. The van der Waals surface area contributed by atoms with E-state index in [1.165, 1.54) is 0 Å². The molecule has 0 radical (unpaired) electrons. The summed E-state index contributed by atoms with van der Waals surface area (Å²) >= 11 is 0. The number of nitrogens with two attached hydrogens (primary N) is 1. The van der Waals surface area contributed by atoms with Gasteiger partial charge < -0.3 is 38.9 Å². The van der Waals surface area contributed by atoms with Crippen LogP contribution in [0.1, 0.15) is 20.8 Å². The van der Waals surface area contributed by atoms with Gasteiger partial charge in [-0.1, -0.05) is 0 Å². The zero-order valence-electron chi connectivity index (χ0n) is 18.9. The van der Waals surface area contributed by atoms with Crippen molar-refractivity contribution in [1.82, 2.24) is 0 Å². The average Bonchev–Trinajstić information content (AvgIpc) is 2.76. The van der Waals surface area contributed by atoms with Crippen LogP contribution in [0.4, 0.5) is 5.69 Å². The summed E-state index contributed by atoms with van der Waals surface area (Å²) in [4.78, 5) is 0. The van der Waals surface area contributed by atoms with Crippen LogP contribution in [0.2, 0.25) is 0 Å². The van der Waals surface area contributed by atoms with Gasteiger partial charge >= 0.3 is 0 Å². The molecule has 0 spiro atoms. The second-order valence-electron chi connectivity index (χ2n) is 5.70. The maximum Gasteiger partial charge on any atom is 0.184 e. The highest BCUT2D eigenvalue weighted by Gasteiger charge is 2.12. The van der Waals surface area contributed by atoms with Crippen molar-refractivity contribution in [2.24, 2.45) is 0 Å². The van der Waals surface area contributed by atoms with E-state index < -0.39 is 0 Å². The molecule has 0 aliphatic heterocycles. The van der Waals surface area contributed by atoms with Crippen molar-refractivity contribution in [1.29, 1.82) is 0 Å². The number of hydrogen-bond donors (Lipinski definition) is 1. The normalized spacial score (nSPS) is 9.70. The molecule has 2 aromatic carbocycles. The van der Waals surface area contributed by atoms with E-state index in [1.54, 1.807) is 52.7 Å². The number of anilines is 1. The van der Waals surface area contributed by atoms with Crippen LogP contribution in [0, 0.1) is 0 Å². The Hall–Kier alpha value is -3.16. The minimum Gasteiger partial charge on any atom is -0.494 e. The SMILES string of the molecule is CCOc1cc(N)c(OCC)c(OCC)c1.COc1cc(OC)c(OC)cc1OC. The van der Waals surface area contributed by atoms with Gasteiger partial charge in [-0.25, -0.2) is 0 Å². The van der Waals surface area contributed by atoms with Gasteiger partial charge in [-0.15, -0.1) is 0 Å². The lowest BCUT2D eigenvalue weighted by atomic mass is 10.2. The molecule has 30 heavy (non-hydrogen) atoms. The lowest BCUT2D eigenvalue weighted by molar-refractivity contribution is 0.284. The Morgan fingerprint density at radius 2 is 1.00 bits per heavy atom. The van der Waals surface area contributed by atoms with Crippen molar-refractivity contribution in [3.63, 3.8) is 0 Å². The molecule has 0 heterocycles. The molecule has 0 saturated carbocycles. The van der Waals surface area contributed by atoms with Crippen LogP contribution in [-0.2, 0) is 0 Å². The number of ether oxygens (including phenoxy) is 7. The lowest BCUT2D eigenvalue weighted by Crippen LogP contribution is -2.03. The van der Waals surface area contributed by atoms with E-state index >= 15 is 0 Å². The summed E-state index contributed by atoms with van der Waals surface area (Å²) in [5.74, 6) is 4.39. The van der Waals surface area contributed by atoms with E-state index in [0.29, 0.717) is 65.8 Å². The third kappa shape index (κ3) is 6.72. The third-order valence-corrected chi connectivity index (χ3v) is 3.85. The molecule has 2 aromatic rings. The minimum atomic E-state index is 0.538. The number of methoxy groups -OCH3 is 4. The van der Waals surface area contributed by atoms with Crippen LogP contribution < -0.4 is 38.9 Å². The predicted molar refractivity (Wildman–Crippen MR) is 117 cm³/mol. The summed E-state index contributed by atoms with van der Waals surface area (Å²) in [6, 6.07) is 6.99. The van der Waals surface area contributed by atoms with Gasteiger partial charge in [-0.2, -0.15) is 0 Å². The highest BCUT2D eigenvalue weighted by molar-refractivity contribution is 5.64. The minimum absolute atomic E-state index is 0.538. The van der Waals surface area contributed by atoms with E-state index in [2.05, 4.69) is 0 Å². The zero-order chi connectivity index (χ0) is 22.5. The van der Waals surface area contributed by atoms with Crippen molar-refractivity contribution >= 4 is 5.69 Å². The van der Waals surface area contributed by atoms with Gasteiger partial charge in [0.25, 0.3) is 0 Å². The molecule has 168 valence electrons. The topological polar surface area (TPSA) is 90.6 Å².